The van der Waals surface area contributed by atoms with E-state index in [0.717, 1.165) is 18.5 Å². The van der Waals surface area contributed by atoms with Crippen molar-refractivity contribution < 1.29 is 4.79 Å². The third-order valence-electron chi connectivity index (χ3n) is 3.83. The molecule has 1 heterocycles. The van der Waals surface area contributed by atoms with Gasteiger partial charge < -0.3 is 16.4 Å². The summed E-state index contributed by atoms with van der Waals surface area (Å²) >= 11 is 11.1. The summed E-state index contributed by atoms with van der Waals surface area (Å²) in [6.07, 6.45) is 1.77. The molecule has 2 rings (SSSR count). The molecule has 1 aromatic rings. The number of benzene rings is 1. The molecule has 1 amide bonds. The molecular weight excluding hydrogens is 294 g/mol. The molecule has 1 fully saturated rings. The second kappa shape index (κ2) is 5.97. The molecule has 6 heteroatoms. The monoisotopic (exact) mass is 311 g/mol. The molecule has 0 spiro atoms. The highest BCUT2D eigenvalue weighted by Crippen LogP contribution is 2.30. The zero-order valence-electron chi connectivity index (χ0n) is 11.3. The Morgan fingerprint density at radius 2 is 2.10 bits per heavy atom. The Morgan fingerprint density at radius 3 is 2.65 bits per heavy atom. The fraction of sp³-hybridized carbons (Fsp3) is 0.429. The first-order valence-electron chi connectivity index (χ1n) is 6.55. The molecule has 0 saturated carbocycles. The van der Waals surface area contributed by atoms with Crippen LogP contribution in [-0.4, -0.2) is 23.5 Å². The maximum absolute atomic E-state index is 11.4. The lowest BCUT2D eigenvalue weighted by Gasteiger charge is -2.38. The highest BCUT2D eigenvalue weighted by molar-refractivity contribution is 7.80. The topological polar surface area (TPSA) is 72.4 Å². The van der Waals surface area contributed by atoms with Gasteiger partial charge in [-0.05, 0) is 38.0 Å². The molecule has 0 aliphatic carbocycles. The van der Waals surface area contributed by atoms with Gasteiger partial charge in [0.25, 0.3) is 0 Å². The number of nitrogens with zero attached hydrogens (tertiary/aromatic N) is 1. The maximum atomic E-state index is 11.4. The fourth-order valence-electron chi connectivity index (χ4n) is 2.58. The van der Waals surface area contributed by atoms with Gasteiger partial charge in [-0.15, -0.1) is 0 Å². The molecule has 2 unspecified atom stereocenters. The number of anilines is 1. The minimum atomic E-state index is -0.243. The van der Waals surface area contributed by atoms with Crippen LogP contribution < -0.4 is 16.4 Å². The zero-order chi connectivity index (χ0) is 14.9. The lowest BCUT2D eigenvalue weighted by Crippen LogP contribution is -2.45. The number of piperidine rings is 1. The Labute approximate surface area is 129 Å². The molecule has 1 aliphatic heterocycles. The third-order valence-corrected chi connectivity index (χ3v) is 4.37. The van der Waals surface area contributed by atoms with E-state index in [0.29, 0.717) is 23.2 Å². The summed E-state index contributed by atoms with van der Waals surface area (Å²) in [5, 5.41) is 0.531. The Bertz CT molecular complexity index is 549. The van der Waals surface area contributed by atoms with E-state index in [1.165, 1.54) is 0 Å². The van der Waals surface area contributed by atoms with E-state index < -0.39 is 0 Å². The van der Waals surface area contributed by atoms with E-state index >= 15 is 0 Å². The molecular formula is C14H18ClN3OS. The van der Waals surface area contributed by atoms with E-state index in [-0.39, 0.29) is 16.8 Å². The Kier molecular flexibility index (Phi) is 4.50. The van der Waals surface area contributed by atoms with Crippen LogP contribution in [0.1, 0.15) is 25.3 Å². The molecule has 0 radical (unpaired) electrons. The minimum absolute atomic E-state index is 0.111. The number of hydrogen-bond donors (Lipinski definition) is 2. The normalized spacial score (nSPS) is 22.6. The van der Waals surface area contributed by atoms with Crippen molar-refractivity contribution >= 4 is 40.4 Å². The molecule has 4 nitrogen and oxygen atoms in total. The number of nitrogens with two attached hydrogens (primary N) is 2. The van der Waals surface area contributed by atoms with E-state index in [4.69, 9.17) is 35.3 Å². The number of thiocarbonyl (C=S) groups is 1. The number of rotatable bonds is 3. The highest BCUT2D eigenvalue weighted by Gasteiger charge is 2.29. The first-order chi connectivity index (χ1) is 9.40. The van der Waals surface area contributed by atoms with Gasteiger partial charge >= 0.3 is 0 Å². The number of primary amides is 1. The lowest BCUT2D eigenvalue weighted by molar-refractivity contribution is -0.122. The number of carbonyl (C=O) groups excluding carboxylic acids is 1. The van der Waals surface area contributed by atoms with Crippen molar-refractivity contribution in [2.45, 2.75) is 25.8 Å². The van der Waals surface area contributed by atoms with Gasteiger partial charge in [-0.2, -0.15) is 0 Å². The minimum Gasteiger partial charge on any atom is -0.389 e. The average Bonchev–Trinajstić information content (AvgIpc) is 2.38. The third kappa shape index (κ3) is 3.04. The van der Waals surface area contributed by atoms with Gasteiger partial charge in [-0.1, -0.05) is 23.8 Å². The quantitative estimate of drug-likeness (QED) is 0.838. The van der Waals surface area contributed by atoms with Gasteiger partial charge in [-0.25, -0.2) is 0 Å². The summed E-state index contributed by atoms with van der Waals surface area (Å²) in [6, 6.07) is 5.94. The standard InChI is InChI=1S/C14H18ClN3OS/c1-8-2-3-9(13(16)19)7-18(8)10-4-5-11(14(17)20)12(15)6-10/h4-6,8-9H,2-3,7H2,1H3,(H2,16,19)(H2,17,20). The van der Waals surface area contributed by atoms with Crippen LogP contribution in [-0.2, 0) is 4.79 Å². The van der Waals surface area contributed by atoms with Crippen LogP contribution in [0.25, 0.3) is 0 Å². The first-order valence-corrected chi connectivity index (χ1v) is 7.34. The van der Waals surface area contributed by atoms with Crippen molar-refractivity contribution in [2.75, 3.05) is 11.4 Å². The van der Waals surface area contributed by atoms with E-state index in [1.54, 1.807) is 0 Å². The van der Waals surface area contributed by atoms with Crippen LogP contribution in [0.4, 0.5) is 5.69 Å². The second-order valence-corrected chi connectivity index (χ2v) is 6.05. The van der Waals surface area contributed by atoms with Crippen LogP contribution in [0.5, 0.6) is 0 Å². The number of amides is 1. The molecule has 1 aliphatic rings. The van der Waals surface area contributed by atoms with Crippen molar-refractivity contribution in [3.63, 3.8) is 0 Å². The van der Waals surface area contributed by atoms with Crippen molar-refractivity contribution in [1.82, 2.24) is 0 Å². The molecule has 4 N–H and O–H groups in total. The zero-order valence-corrected chi connectivity index (χ0v) is 12.9. The van der Waals surface area contributed by atoms with E-state index in [1.807, 2.05) is 18.2 Å². The number of carbonyl (C=O) groups is 1. The summed E-state index contributed by atoms with van der Waals surface area (Å²) in [5.74, 6) is -0.354. The summed E-state index contributed by atoms with van der Waals surface area (Å²) < 4.78 is 0. The summed E-state index contributed by atoms with van der Waals surface area (Å²) in [5.41, 5.74) is 12.7. The van der Waals surface area contributed by atoms with Gasteiger partial charge in [0.2, 0.25) is 5.91 Å². The predicted molar refractivity (Wildman–Crippen MR) is 86.1 cm³/mol. The fourth-order valence-corrected chi connectivity index (χ4v) is 3.09. The first kappa shape index (κ1) is 15.1. The van der Waals surface area contributed by atoms with Crippen LogP contribution >= 0.6 is 23.8 Å². The summed E-state index contributed by atoms with van der Waals surface area (Å²) in [6.45, 7) is 2.76. The largest absolute Gasteiger partial charge is 0.389 e. The van der Waals surface area contributed by atoms with Crippen molar-refractivity contribution in [3.8, 4) is 0 Å². The summed E-state index contributed by atoms with van der Waals surface area (Å²) in [4.78, 5) is 13.8. The van der Waals surface area contributed by atoms with Gasteiger partial charge in [0, 0.05) is 23.8 Å². The van der Waals surface area contributed by atoms with Crippen LogP contribution in [0.2, 0.25) is 5.02 Å². The smallest absolute Gasteiger partial charge is 0.222 e. The van der Waals surface area contributed by atoms with Crippen molar-refractivity contribution in [3.05, 3.63) is 28.8 Å². The van der Waals surface area contributed by atoms with Gasteiger partial charge in [0.05, 0.1) is 10.9 Å². The lowest BCUT2D eigenvalue weighted by atomic mass is 9.92. The number of hydrogen-bond acceptors (Lipinski definition) is 3. The molecule has 20 heavy (non-hydrogen) atoms. The molecule has 0 bridgehead atoms. The molecule has 1 saturated heterocycles. The van der Waals surface area contributed by atoms with Crippen molar-refractivity contribution in [2.24, 2.45) is 17.4 Å². The Balaban J connectivity index is 2.27. The highest BCUT2D eigenvalue weighted by atomic mass is 35.5. The average molecular weight is 312 g/mol. The maximum Gasteiger partial charge on any atom is 0.222 e. The van der Waals surface area contributed by atoms with E-state index in [2.05, 4.69) is 11.8 Å². The van der Waals surface area contributed by atoms with Gasteiger partial charge in [0.1, 0.15) is 4.99 Å². The second-order valence-electron chi connectivity index (χ2n) is 5.21. The van der Waals surface area contributed by atoms with Crippen LogP contribution in [0.15, 0.2) is 18.2 Å². The SMILES string of the molecule is CC1CCC(C(N)=O)CN1c1ccc(C(N)=S)c(Cl)c1. The van der Waals surface area contributed by atoms with E-state index in [9.17, 15) is 4.79 Å². The summed E-state index contributed by atoms with van der Waals surface area (Å²) in [7, 11) is 0. The molecule has 108 valence electrons. The van der Waals surface area contributed by atoms with Crippen molar-refractivity contribution in [1.29, 1.82) is 0 Å². The van der Waals surface area contributed by atoms with Gasteiger partial charge in [-0.3, -0.25) is 4.79 Å². The van der Waals surface area contributed by atoms with Gasteiger partial charge in [0.15, 0.2) is 0 Å². The van der Waals surface area contributed by atoms with Crippen LogP contribution in [0, 0.1) is 5.92 Å². The Hall–Kier alpha value is -1.33. The number of halogens is 1. The molecule has 0 aromatic heterocycles. The van der Waals surface area contributed by atoms with Crippen LogP contribution in [0.3, 0.4) is 0 Å². The predicted octanol–water partition coefficient (Wildman–Crippen LogP) is 2.06. The molecule has 2 atom stereocenters. The Morgan fingerprint density at radius 1 is 1.40 bits per heavy atom. The molecule has 1 aromatic carbocycles.